The maximum atomic E-state index is 13.9. The molecule has 0 bridgehead atoms. The number of carbonyl (C=O) groups excluding carboxylic acids is 3. The lowest BCUT2D eigenvalue weighted by Crippen LogP contribution is -2.52. The predicted octanol–water partition coefficient (Wildman–Crippen LogP) is 2.25. The lowest BCUT2D eigenvalue weighted by Gasteiger charge is -2.41. The van der Waals surface area contributed by atoms with Crippen LogP contribution >= 0.6 is 0 Å². The van der Waals surface area contributed by atoms with Crippen molar-refractivity contribution in [3.8, 4) is 6.07 Å². The van der Waals surface area contributed by atoms with Crippen molar-refractivity contribution >= 4 is 29.1 Å². The van der Waals surface area contributed by atoms with E-state index >= 15 is 0 Å². The number of hydrogen-bond donors (Lipinski definition) is 3. The Labute approximate surface area is 195 Å². The van der Waals surface area contributed by atoms with Gasteiger partial charge in [-0.15, -0.1) is 0 Å². The number of likely N-dealkylation sites (tertiary alicyclic amines) is 1. The number of fused-ring (bicyclic) bond motifs is 1. The van der Waals surface area contributed by atoms with E-state index in [0.717, 1.165) is 23.4 Å². The normalized spacial score (nSPS) is 16.9. The lowest BCUT2D eigenvalue weighted by molar-refractivity contribution is -0.141. The summed E-state index contributed by atoms with van der Waals surface area (Å²) >= 11 is 0. The molecule has 3 amide bonds. The van der Waals surface area contributed by atoms with Crippen molar-refractivity contribution in [2.75, 3.05) is 24.1 Å². The monoisotopic (exact) mass is 465 g/mol. The number of nitrogen functional groups attached to an aromatic ring is 1. The maximum Gasteiger partial charge on any atom is 0.322 e. The van der Waals surface area contributed by atoms with Crippen LogP contribution in [0.15, 0.2) is 36.4 Å². The standard InChI is InChI=1S/C24H24FN5O4/c25-18-10-15(9-16(12-26)22(18)27)20(31)11-21(32)23(33)29-7-5-17(6-8-29)30-13-14-3-1-2-4-19(14)28-24(30)34/h1-4,9-10,17,21,32H,5-8,11,13,27H2,(H,28,34)/t21-/m1/s1. The van der Waals surface area contributed by atoms with Crippen LogP contribution in [0.25, 0.3) is 0 Å². The van der Waals surface area contributed by atoms with Crippen molar-refractivity contribution in [2.24, 2.45) is 0 Å². The van der Waals surface area contributed by atoms with Crippen LogP contribution in [0, 0.1) is 17.1 Å². The third-order valence-corrected chi connectivity index (χ3v) is 6.31. The van der Waals surface area contributed by atoms with Crippen LogP contribution < -0.4 is 11.1 Å². The fourth-order valence-corrected chi connectivity index (χ4v) is 4.38. The van der Waals surface area contributed by atoms with E-state index in [1.807, 2.05) is 24.3 Å². The van der Waals surface area contributed by atoms with Gasteiger partial charge in [-0.25, -0.2) is 9.18 Å². The number of nitrogens with two attached hydrogens (primary N) is 1. The fraction of sp³-hybridized carbons (Fsp3) is 0.333. The Kier molecular flexibility index (Phi) is 6.47. The summed E-state index contributed by atoms with van der Waals surface area (Å²) in [4.78, 5) is 40.9. The summed E-state index contributed by atoms with van der Waals surface area (Å²) in [5, 5.41) is 22.3. The van der Waals surface area contributed by atoms with Gasteiger partial charge < -0.3 is 26.0 Å². The van der Waals surface area contributed by atoms with Gasteiger partial charge in [0.15, 0.2) is 5.78 Å². The molecule has 1 atom stereocenters. The summed E-state index contributed by atoms with van der Waals surface area (Å²) < 4.78 is 13.9. The molecule has 1 saturated heterocycles. The number of hydrogen-bond acceptors (Lipinski definition) is 6. The van der Waals surface area contributed by atoms with Gasteiger partial charge in [0.05, 0.1) is 11.3 Å². The van der Waals surface area contributed by atoms with Gasteiger partial charge in [0.25, 0.3) is 5.91 Å². The van der Waals surface area contributed by atoms with Crippen LogP contribution in [-0.2, 0) is 11.3 Å². The molecule has 4 N–H and O–H groups in total. The molecular formula is C24H24FN5O4. The topological polar surface area (TPSA) is 140 Å². The number of aliphatic hydroxyl groups excluding tert-OH is 1. The molecule has 0 aliphatic carbocycles. The zero-order valence-corrected chi connectivity index (χ0v) is 18.3. The summed E-state index contributed by atoms with van der Waals surface area (Å²) in [5.41, 5.74) is 6.60. The minimum Gasteiger partial charge on any atom is -0.395 e. The molecule has 2 aromatic carbocycles. The summed E-state index contributed by atoms with van der Waals surface area (Å²) in [6.07, 6.45) is -1.06. The minimum atomic E-state index is -1.60. The number of nitrogens with zero attached hydrogens (tertiary/aromatic N) is 3. The van der Waals surface area contributed by atoms with Gasteiger partial charge in [0.2, 0.25) is 0 Å². The molecule has 176 valence electrons. The molecule has 0 radical (unpaired) electrons. The van der Waals surface area contributed by atoms with Crippen molar-refractivity contribution in [3.63, 3.8) is 0 Å². The molecule has 2 aliphatic heterocycles. The quantitative estimate of drug-likeness (QED) is 0.457. The predicted molar refractivity (Wildman–Crippen MR) is 121 cm³/mol. The first-order valence-electron chi connectivity index (χ1n) is 10.9. The number of aliphatic hydroxyl groups is 1. The minimum absolute atomic E-state index is 0.0571. The number of amides is 3. The van der Waals surface area contributed by atoms with Crippen LogP contribution in [0.2, 0.25) is 0 Å². The molecule has 0 saturated carbocycles. The molecule has 0 unspecified atom stereocenters. The molecule has 9 nitrogen and oxygen atoms in total. The SMILES string of the molecule is N#Cc1cc(C(=O)C[C@@H](O)C(=O)N2CCC(N3Cc4ccccc4NC3=O)CC2)cc(F)c1N. The third-order valence-electron chi connectivity index (χ3n) is 6.31. The van der Waals surface area contributed by atoms with Crippen molar-refractivity contribution in [1.82, 2.24) is 9.80 Å². The molecular weight excluding hydrogens is 441 g/mol. The number of ketones is 1. The Balaban J connectivity index is 1.34. The molecule has 34 heavy (non-hydrogen) atoms. The first-order chi connectivity index (χ1) is 16.3. The van der Waals surface area contributed by atoms with Gasteiger partial charge in [-0.1, -0.05) is 18.2 Å². The van der Waals surface area contributed by atoms with E-state index in [9.17, 15) is 23.9 Å². The molecule has 0 aromatic heterocycles. The number of anilines is 2. The third kappa shape index (κ3) is 4.56. The highest BCUT2D eigenvalue weighted by Crippen LogP contribution is 2.28. The molecule has 10 heteroatoms. The highest BCUT2D eigenvalue weighted by atomic mass is 19.1. The molecule has 0 spiro atoms. The van der Waals surface area contributed by atoms with Crippen molar-refractivity contribution in [1.29, 1.82) is 5.26 Å². The highest BCUT2D eigenvalue weighted by molar-refractivity contribution is 6.00. The number of piperidine rings is 1. The number of carbonyl (C=O) groups is 3. The second-order valence-electron chi connectivity index (χ2n) is 8.45. The van der Waals surface area contributed by atoms with Crippen molar-refractivity contribution in [2.45, 2.75) is 38.0 Å². The highest BCUT2D eigenvalue weighted by Gasteiger charge is 2.34. The number of urea groups is 1. The van der Waals surface area contributed by atoms with E-state index in [-0.39, 0.29) is 28.9 Å². The summed E-state index contributed by atoms with van der Waals surface area (Å²) in [5.74, 6) is -2.18. The average molecular weight is 465 g/mol. The van der Waals surface area contributed by atoms with Gasteiger partial charge in [0, 0.05) is 43.3 Å². The summed E-state index contributed by atoms with van der Waals surface area (Å²) in [6, 6.07) is 11.1. The van der Waals surface area contributed by atoms with Crippen LogP contribution in [-0.4, -0.2) is 57.9 Å². The van der Waals surface area contributed by atoms with E-state index in [1.54, 1.807) is 11.0 Å². The smallest absolute Gasteiger partial charge is 0.322 e. The summed E-state index contributed by atoms with van der Waals surface area (Å²) in [7, 11) is 0. The Morgan fingerprint density at radius 1 is 1.26 bits per heavy atom. The average Bonchev–Trinajstić information content (AvgIpc) is 2.84. The van der Waals surface area contributed by atoms with Gasteiger partial charge in [-0.2, -0.15) is 5.26 Å². The van der Waals surface area contributed by atoms with Gasteiger partial charge in [-0.3, -0.25) is 9.59 Å². The van der Waals surface area contributed by atoms with Crippen LogP contribution in [0.3, 0.4) is 0 Å². The maximum absolute atomic E-state index is 13.9. The molecule has 1 fully saturated rings. The first-order valence-corrected chi connectivity index (χ1v) is 10.9. The molecule has 2 aromatic rings. The van der Waals surface area contributed by atoms with E-state index in [1.165, 1.54) is 4.90 Å². The lowest BCUT2D eigenvalue weighted by atomic mass is 9.98. The first kappa shape index (κ1) is 23.2. The second kappa shape index (κ2) is 9.49. The number of nitrogens with one attached hydrogen (secondary N) is 1. The fourth-order valence-electron chi connectivity index (χ4n) is 4.38. The second-order valence-corrected chi connectivity index (χ2v) is 8.45. The van der Waals surface area contributed by atoms with Gasteiger partial charge >= 0.3 is 6.03 Å². The summed E-state index contributed by atoms with van der Waals surface area (Å²) in [6.45, 7) is 1.14. The van der Waals surface area contributed by atoms with Crippen LogP contribution in [0.4, 0.5) is 20.6 Å². The van der Waals surface area contributed by atoms with E-state index < -0.39 is 30.0 Å². The van der Waals surface area contributed by atoms with Crippen LogP contribution in [0.5, 0.6) is 0 Å². The Morgan fingerprint density at radius 3 is 2.68 bits per heavy atom. The van der Waals surface area contributed by atoms with E-state index in [0.29, 0.717) is 32.5 Å². The van der Waals surface area contributed by atoms with E-state index in [2.05, 4.69) is 5.32 Å². The Morgan fingerprint density at radius 2 is 1.97 bits per heavy atom. The largest absolute Gasteiger partial charge is 0.395 e. The molecule has 2 aliphatic rings. The van der Waals surface area contributed by atoms with Gasteiger partial charge in [-0.05, 0) is 36.6 Å². The number of halogens is 1. The van der Waals surface area contributed by atoms with Gasteiger partial charge in [0.1, 0.15) is 18.0 Å². The Bertz CT molecular complexity index is 1190. The van der Waals surface area contributed by atoms with Crippen molar-refractivity contribution in [3.05, 3.63) is 58.9 Å². The van der Waals surface area contributed by atoms with E-state index in [4.69, 9.17) is 11.0 Å². The number of rotatable bonds is 5. The zero-order chi connectivity index (χ0) is 24.4. The van der Waals surface area contributed by atoms with Crippen molar-refractivity contribution < 1.29 is 23.9 Å². The zero-order valence-electron chi connectivity index (χ0n) is 18.3. The molecule has 4 rings (SSSR count). The number of nitriles is 1. The number of benzene rings is 2. The Hall–Kier alpha value is -3.97. The molecule has 2 heterocycles. The van der Waals surface area contributed by atoms with Crippen LogP contribution in [0.1, 0.15) is 40.7 Å². The number of para-hydroxylation sites is 1. The number of Topliss-reactive ketones (excluding diaryl/α,β-unsaturated/α-hetero) is 1.